The first-order valence-electron chi connectivity index (χ1n) is 6.81. The van der Waals surface area contributed by atoms with Gasteiger partial charge in [-0.05, 0) is 24.2 Å². The molecule has 2 rings (SSSR count). The molecule has 0 unspecified atom stereocenters. The first-order valence-corrected chi connectivity index (χ1v) is 7.60. The summed E-state index contributed by atoms with van der Waals surface area (Å²) in [7, 11) is 2.08. The first kappa shape index (κ1) is 15.0. The Bertz CT molecular complexity index is 557. The van der Waals surface area contributed by atoms with Gasteiger partial charge in [-0.3, -0.25) is 0 Å². The molecule has 2 aromatic rings. The highest BCUT2D eigenvalue weighted by Crippen LogP contribution is 2.22. The maximum atomic E-state index is 4.53. The lowest BCUT2D eigenvalue weighted by Crippen LogP contribution is -2.22. The number of benzene rings is 1. The fourth-order valence-electron chi connectivity index (χ4n) is 2.13. The van der Waals surface area contributed by atoms with Gasteiger partial charge in [-0.1, -0.05) is 47.1 Å². The molecular formula is C16H20BrN3. The second-order valence-electron chi connectivity index (χ2n) is 4.71. The molecule has 20 heavy (non-hydrogen) atoms. The summed E-state index contributed by atoms with van der Waals surface area (Å²) in [6.07, 6.45) is 1.85. The molecule has 0 saturated heterocycles. The third-order valence-corrected chi connectivity index (χ3v) is 3.93. The van der Waals surface area contributed by atoms with Crippen LogP contribution in [-0.4, -0.2) is 18.6 Å². The molecule has 1 N–H and O–H groups in total. The van der Waals surface area contributed by atoms with Gasteiger partial charge in [0.15, 0.2) is 0 Å². The van der Waals surface area contributed by atoms with E-state index in [1.54, 1.807) is 0 Å². The molecule has 0 spiro atoms. The normalized spacial score (nSPS) is 10.6. The number of hydrogen-bond acceptors (Lipinski definition) is 3. The van der Waals surface area contributed by atoms with E-state index < -0.39 is 0 Å². The third kappa shape index (κ3) is 3.81. The predicted octanol–water partition coefficient (Wildman–Crippen LogP) is 3.59. The Morgan fingerprint density at radius 2 is 1.90 bits per heavy atom. The zero-order valence-corrected chi connectivity index (χ0v) is 13.5. The van der Waals surface area contributed by atoms with Crippen molar-refractivity contribution in [1.29, 1.82) is 0 Å². The summed E-state index contributed by atoms with van der Waals surface area (Å²) < 4.78 is 1.14. The van der Waals surface area contributed by atoms with Gasteiger partial charge in [0.05, 0.1) is 0 Å². The van der Waals surface area contributed by atoms with Crippen molar-refractivity contribution in [2.24, 2.45) is 0 Å². The molecule has 0 saturated carbocycles. The van der Waals surface area contributed by atoms with E-state index in [1.165, 1.54) is 11.1 Å². The van der Waals surface area contributed by atoms with Crippen molar-refractivity contribution in [3.05, 3.63) is 58.2 Å². The van der Waals surface area contributed by atoms with Crippen LogP contribution in [0.5, 0.6) is 0 Å². The fraction of sp³-hybridized carbons (Fsp3) is 0.312. The summed E-state index contributed by atoms with van der Waals surface area (Å²) in [5.74, 6) is 1.03. The van der Waals surface area contributed by atoms with Crippen molar-refractivity contribution in [2.75, 3.05) is 18.5 Å². The highest BCUT2D eigenvalue weighted by molar-refractivity contribution is 9.10. The van der Waals surface area contributed by atoms with Crippen molar-refractivity contribution in [1.82, 2.24) is 10.3 Å². The average Bonchev–Trinajstić information content (AvgIpc) is 2.47. The SMILES string of the molecule is CCNCc1cccnc1N(C)Cc1ccccc1Br. The molecule has 0 amide bonds. The van der Waals surface area contributed by atoms with Gasteiger partial charge in [-0.25, -0.2) is 4.98 Å². The van der Waals surface area contributed by atoms with Crippen LogP contribution in [0.1, 0.15) is 18.1 Å². The van der Waals surface area contributed by atoms with E-state index in [-0.39, 0.29) is 0 Å². The molecule has 1 heterocycles. The topological polar surface area (TPSA) is 28.2 Å². The largest absolute Gasteiger partial charge is 0.355 e. The Hall–Kier alpha value is -1.39. The second kappa shape index (κ2) is 7.41. The van der Waals surface area contributed by atoms with Crippen LogP contribution in [0.4, 0.5) is 5.82 Å². The molecule has 3 nitrogen and oxygen atoms in total. The first-order chi connectivity index (χ1) is 9.72. The molecule has 1 aromatic carbocycles. The Morgan fingerprint density at radius 3 is 2.65 bits per heavy atom. The van der Waals surface area contributed by atoms with Gasteiger partial charge in [0.25, 0.3) is 0 Å². The lowest BCUT2D eigenvalue weighted by Gasteiger charge is -2.22. The lowest BCUT2D eigenvalue weighted by molar-refractivity contribution is 0.719. The van der Waals surface area contributed by atoms with E-state index in [0.717, 1.165) is 29.9 Å². The van der Waals surface area contributed by atoms with Gasteiger partial charge in [0.2, 0.25) is 0 Å². The van der Waals surface area contributed by atoms with Crippen molar-refractivity contribution in [2.45, 2.75) is 20.0 Å². The highest BCUT2D eigenvalue weighted by Gasteiger charge is 2.10. The second-order valence-corrected chi connectivity index (χ2v) is 5.57. The van der Waals surface area contributed by atoms with E-state index in [1.807, 2.05) is 18.3 Å². The van der Waals surface area contributed by atoms with Gasteiger partial charge in [-0.15, -0.1) is 0 Å². The van der Waals surface area contributed by atoms with Crippen LogP contribution in [0.3, 0.4) is 0 Å². The number of halogens is 1. The maximum absolute atomic E-state index is 4.53. The van der Waals surface area contributed by atoms with E-state index in [4.69, 9.17) is 0 Å². The van der Waals surface area contributed by atoms with Crippen molar-refractivity contribution in [3.63, 3.8) is 0 Å². The van der Waals surface area contributed by atoms with Crippen LogP contribution in [0.15, 0.2) is 47.1 Å². The molecule has 0 fully saturated rings. The number of nitrogens with zero attached hydrogens (tertiary/aromatic N) is 2. The highest BCUT2D eigenvalue weighted by atomic mass is 79.9. The number of anilines is 1. The summed E-state index contributed by atoms with van der Waals surface area (Å²) >= 11 is 3.60. The number of rotatable bonds is 6. The number of hydrogen-bond donors (Lipinski definition) is 1. The Morgan fingerprint density at radius 1 is 1.15 bits per heavy atom. The lowest BCUT2D eigenvalue weighted by atomic mass is 10.2. The van der Waals surface area contributed by atoms with Crippen molar-refractivity contribution >= 4 is 21.7 Å². The quantitative estimate of drug-likeness (QED) is 0.875. The van der Waals surface area contributed by atoms with E-state index in [0.29, 0.717) is 0 Å². The Balaban J connectivity index is 2.16. The zero-order valence-electron chi connectivity index (χ0n) is 11.9. The Kier molecular flexibility index (Phi) is 5.56. The molecule has 0 bridgehead atoms. The summed E-state index contributed by atoms with van der Waals surface area (Å²) in [4.78, 5) is 6.72. The van der Waals surface area contributed by atoms with E-state index >= 15 is 0 Å². The minimum Gasteiger partial charge on any atom is -0.355 e. The monoisotopic (exact) mass is 333 g/mol. The average molecular weight is 334 g/mol. The van der Waals surface area contributed by atoms with Gasteiger partial charge in [0, 0.05) is 36.4 Å². The minimum absolute atomic E-state index is 0.831. The molecule has 0 radical (unpaired) electrons. The predicted molar refractivity (Wildman–Crippen MR) is 87.9 cm³/mol. The summed E-state index contributed by atoms with van der Waals surface area (Å²) in [6.45, 7) is 4.75. The molecule has 0 atom stereocenters. The number of aromatic nitrogens is 1. The van der Waals surface area contributed by atoms with Gasteiger partial charge < -0.3 is 10.2 Å². The van der Waals surface area contributed by atoms with Crippen LogP contribution in [0.2, 0.25) is 0 Å². The van der Waals surface area contributed by atoms with Crippen LogP contribution in [-0.2, 0) is 13.1 Å². The minimum atomic E-state index is 0.831. The molecule has 1 aromatic heterocycles. The van der Waals surface area contributed by atoms with Crippen LogP contribution >= 0.6 is 15.9 Å². The smallest absolute Gasteiger partial charge is 0.133 e. The molecule has 0 aliphatic heterocycles. The number of nitrogens with one attached hydrogen (secondary N) is 1. The standard InChI is InChI=1S/C16H20BrN3/c1-3-18-11-13-8-6-10-19-16(13)20(2)12-14-7-4-5-9-15(14)17/h4-10,18H,3,11-12H2,1-2H3. The Labute approximate surface area is 129 Å². The summed E-state index contributed by atoms with van der Waals surface area (Å²) in [5, 5.41) is 3.36. The summed E-state index contributed by atoms with van der Waals surface area (Å²) in [5.41, 5.74) is 2.49. The number of pyridine rings is 1. The molecule has 4 heteroatoms. The van der Waals surface area contributed by atoms with Crippen molar-refractivity contribution in [3.8, 4) is 0 Å². The van der Waals surface area contributed by atoms with Crippen molar-refractivity contribution < 1.29 is 0 Å². The van der Waals surface area contributed by atoms with Gasteiger partial charge in [-0.2, -0.15) is 0 Å². The van der Waals surface area contributed by atoms with Crippen LogP contribution < -0.4 is 10.2 Å². The zero-order chi connectivity index (χ0) is 14.4. The maximum Gasteiger partial charge on any atom is 0.133 e. The molecule has 0 aliphatic rings. The fourth-order valence-corrected chi connectivity index (χ4v) is 2.54. The molecule has 106 valence electrons. The van der Waals surface area contributed by atoms with Gasteiger partial charge >= 0.3 is 0 Å². The summed E-state index contributed by atoms with van der Waals surface area (Å²) in [6, 6.07) is 12.4. The van der Waals surface area contributed by atoms with Crippen LogP contribution in [0.25, 0.3) is 0 Å². The molecule has 0 aliphatic carbocycles. The van der Waals surface area contributed by atoms with Gasteiger partial charge in [0.1, 0.15) is 5.82 Å². The van der Waals surface area contributed by atoms with Crippen LogP contribution in [0, 0.1) is 0 Å². The molecular weight excluding hydrogens is 314 g/mol. The van der Waals surface area contributed by atoms with E-state index in [9.17, 15) is 0 Å². The third-order valence-electron chi connectivity index (χ3n) is 3.16. The van der Waals surface area contributed by atoms with E-state index in [2.05, 4.69) is 69.4 Å².